The molecule has 1 unspecified atom stereocenters. The summed E-state index contributed by atoms with van der Waals surface area (Å²) in [4.78, 5) is 11.5. The number of methoxy groups -OCH3 is 2. The summed E-state index contributed by atoms with van der Waals surface area (Å²) in [6.45, 7) is 0.512. The second-order valence-electron chi connectivity index (χ2n) is 3.95. The maximum Gasteiger partial charge on any atom is 0.324 e. The van der Waals surface area contributed by atoms with Gasteiger partial charge in [-0.15, -0.1) is 0 Å². The van der Waals surface area contributed by atoms with E-state index < -0.39 is 22.0 Å². The number of nitrogens with zero attached hydrogens (tertiary/aromatic N) is 1. The van der Waals surface area contributed by atoms with E-state index in [4.69, 9.17) is 4.74 Å². The highest BCUT2D eigenvalue weighted by molar-refractivity contribution is 7.89. The predicted molar refractivity (Wildman–Crippen MR) is 62.0 cm³/mol. The molecule has 0 N–H and O–H groups in total. The third-order valence-corrected chi connectivity index (χ3v) is 4.66. The molecule has 1 atom stereocenters. The maximum atomic E-state index is 12.0. The Hall–Kier alpha value is -0.660. The molecule has 1 aliphatic rings. The maximum absolute atomic E-state index is 12.0. The molecule has 0 aromatic rings. The second kappa shape index (κ2) is 6.32. The Kier molecular flexibility index (Phi) is 5.35. The molecule has 0 amide bonds. The van der Waals surface area contributed by atoms with Crippen LogP contribution in [0.25, 0.3) is 0 Å². The first-order valence-corrected chi connectivity index (χ1v) is 7.20. The van der Waals surface area contributed by atoms with Gasteiger partial charge in [0.05, 0.1) is 19.5 Å². The van der Waals surface area contributed by atoms with Gasteiger partial charge in [-0.05, 0) is 19.3 Å². The first-order chi connectivity index (χ1) is 8.03. The fourth-order valence-corrected chi connectivity index (χ4v) is 3.51. The highest BCUT2D eigenvalue weighted by atomic mass is 32.2. The Bertz CT molecular complexity index is 354. The van der Waals surface area contributed by atoms with E-state index in [-0.39, 0.29) is 12.4 Å². The van der Waals surface area contributed by atoms with Crippen molar-refractivity contribution in [3.05, 3.63) is 0 Å². The van der Waals surface area contributed by atoms with Gasteiger partial charge in [0.1, 0.15) is 6.04 Å². The summed E-state index contributed by atoms with van der Waals surface area (Å²) in [5, 5.41) is 0. The van der Waals surface area contributed by atoms with Gasteiger partial charge in [0, 0.05) is 13.7 Å². The molecule has 0 spiro atoms. The van der Waals surface area contributed by atoms with Crippen molar-refractivity contribution in [3.63, 3.8) is 0 Å². The highest BCUT2D eigenvalue weighted by Crippen LogP contribution is 2.21. The van der Waals surface area contributed by atoms with Crippen LogP contribution in [0.2, 0.25) is 0 Å². The number of rotatable bonds is 5. The minimum absolute atomic E-state index is 0.100. The Morgan fingerprint density at radius 2 is 2.06 bits per heavy atom. The summed E-state index contributed by atoms with van der Waals surface area (Å²) < 4.78 is 34.7. The Morgan fingerprint density at radius 3 is 2.65 bits per heavy atom. The lowest BCUT2D eigenvalue weighted by molar-refractivity contribution is -0.146. The quantitative estimate of drug-likeness (QED) is 0.654. The molecule has 1 aliphatic heterocycles. The van der Waals surface area contributed by atoms with Crippen LogP contribution < -0.4 is 0 Å². The summed E-state index contributed by atoms with van der Waals surface area (Å²) in [5.74, 6) is -0.581. The van der Waals surface area contributed by atoms with Crippen LogP contribution >= 0.6 is 0 Å². The van der Waals surface area contributed by atoms with Crippen molar-refractivity contribution in [3.8, 4) is 0 Å². The van der Waals surface area contributed by atoms with Crippen molar-refractivity contribution < 1.29 is 22.7 Å². The molecule has 0 saturated carbocycles. The largest absolute Gasteiger partial charge is 0.468 e. The monoisotopic (exact) mass is 265 g/mol. The first kappa shape index (κ1) is 14.4. The average Bonchev–Trinajstić information content (AvgIpc) is 2.35. The van der Waals surface area contributed by atoms with Gasteiger partial charge >= 0.3 is 5.97 Å². The van der Waals surface area contributed by atoms with E-state index in [1.165, 1.54) is 18.5 Å². The van der Waals surface area contributed by atoms with Crippen LogP contribution in [-0.4, -0.2) is 57.9 Å². The molecule has 0 aromatic carbocycles. The zero-order valence-corrected chi connectivity index (χ0v) is 11.0. The number of hydrogen-bond acceptors (Lipinski definition) is 5. The van der Waals surface area contributed by atoms with Gasteiger partial charge in [-0.2, -0.15) is 4.31 Å². The van der Waals surface area contributed by atoms with E-state index in [1.54, 1.807) is 0 Å². The molecule has 0 aromatic heterocycles. The van der Waals surface area contributed by atoms with Gasteiger partial charge in [-0.1, -0.05) is 0 Å². The minimum Gasteiger partial charge on any atom is -0.468 e. The molecule has 0 bridgehead atoms. The fraction of sp³-hybridized carbons (Fsp3) is 0.900. The van der Waals surface area contributed by atoms with Crippen molar-refractivity contribution in [2.24, 2.45) is 0 Å². The van der Waals surface area contributed by atoms with Crippen LogP contribution in [0.3, 0.4) is 0 Å². The van der Waals surface area contributed by atoms with Crippen molar-refractivity contribution >= 4 is 16.0 Å². The number of carbonyl (C=O) groups excluding carboxylic acids is 1. The van der Waals surface area contributed by atoms with E-state index in [1.807, 2.05) is 0 Å². The normalized spacial score (nSPS) is 22.4. The summed E-state index contributed by atoms with van der Waals surface area (Å²) in [7, 11) is -0.720. The van der Waals surface area contributed by atoms with E-state index in [0.29, 0.717) is 13.0 Å². The lowest BCUT2D eigenvalue weighted by Crippen LogP contribution is -2.49. The zero-order valence-electron chi connectivity index (χ0n) is 10.2. The van der Waals surface area contributed by atoms with Gasteiger partial charge < -0.3 is 9.47 Å². The number of esters is 1. The Labute approximate surface area is 102 Å². The smallest absolute Gasteiger partial charge is 0.324 e. The third kappa shape index (κ3) is 3.65. The summed E-state index contributed by atoms with van der Waals surface area (Å²) >= 11 is 0. The fourth-order valence-electron chi connectivity index (χ4n) is 1.92. The molecule has 17 heavy (non-hydrogen) atoms. The van der Waals surface area contributed by atoms with E-state index >= 15 is 0 Å². The molecule has 0 radical (unpaired) electrons. The Balaban J connectivity index is 2.80. The van der Waals surface area contributed by atoms with Crippen LogP contribution in [0.1, 0.15) is 19.3 Å². The van der Waals surface area contributed by atoms with Gasteiger partial charge in [0.15, 0.2) is 0 Å². The predicted octanol–water partition coefficient (Wildman–Crippen LogP) is -0.00990. The number of carbonyl (C=O) groups is 1. The molecular weight excluding hydrogens is 246 g/mol. The first-order valence-electron chi connectivity index (χ1n) is 5.59. The summed E-state index contributed by atoms with van der Waals surface area (Å²) in [6, 6.07) is -0.671. The molecule has 100 valence electrons. The third-order valence-electron chi connectivity index (χ3n) is 2.83. The minimum atomic E-state index is -3.44. The van der Waals surface area contributed by atoms with Gasteiger partial charge in [-0.3, -0.25) is 4.79 Å². The van der Waals surface area contributed by atoms with Crippen molar-refractivity contribution in [1.29, 1.82) is 0 Å². The van der Waals surface area contributed by atoms with Gasteiger partial charge in [-0.25, -0.2) is 8.42 Å². The molecule has 0 aliphatic carbocycles. The standard InChI is InChI=1S/C10H19NO5S/c1-15-7-8-17(13,14)11-6-4-3-5-9(11)10(12)16-2/h9H,3-8H2,1-2H3. The topological polar surface area (TPSA) is 72.9 Å². The van der Waals surface area contributed by atoms with Crippen molar-refractivity contribution in [2.75, 3.05) is 33.1 Å². The van der Waals surface area contributed by atoms with E-state index in [2.05, 4.69) is 4.74 Å². The van der Waals surface area contributed by atoms with Crippen molar-refractivity contribution in [2.45, 2.75) is 25.3 Å². The number of hydrogen-bond donors (Lipinski definition) is 0. The highest BCUT2D eigenvalue weighted by Gasteiger charge is 2.36. The van der Waals surface area contributed by atoms with Crippen LogP contribution in [0.15, 0.2) is 0 Å². The number of sulfonamides is 1. The van der Waals surface area contributed by atoms with Crippen LogP contribution in [0, 0.1) is 0 Å². The van der Waals surface area contributed by atoms with Crippen LogP contribution in [0.5, 0.6) is 0 Å². The van der Waals surface area contributed by atoms with Gasteiger partial charge in [0.25, 0.3) is 0 Å². The number of ether oxygens (including phenoxy) is 2. The van der Waals surface area contributed by atoms with Crippen LogP contribution in [-0.2, 0) is 24.3 Å². The molecule has 6 nitrogen and oxygen atoms in total. The number of piperidine rings is 1. The zero-order chi connectivity index (χ0) is 12.9. The van der Waals surface area contributed by atoms with E-state index in [0.717, 1.165) is 12.8 Å². The molecule has 1 fully saturated rings. The SMILES string of the molecule is COCCS(=O)(=O)N1CCCCC1C(=O)OC. The average molecular weight is 265 g/mol. The molecule has 7 heteroatoms. The lowest BCUT2D eigenvalue weighted by Gasteiger charge is -2.32. The summed E-state index contributed by atoms with van der Waals surface area (Å²) in [5.41, 5.74) is 0. The Morgan fingerprint density at radius 1 is 1.35 bits per heavy atom. The molecule has 1 saturated heterocycles. The van der Waals surface area contributed by atoms with Crippen LogP contribution in [0.4, 0.5) is 0 Å². The van der Waals surface area contributed by atoms with Gasteiger partial charge in [0.2, 0.25) is 10.0 Å². The van der Waals surface area contributed by atoms with Crippen molar-refractivity contribution in [1.82, 2.24) is 4.31 Å². The molecular formula is C10H19NO5S. The molecule has 1 heterocycles. The summed E-state index contributed by atoms with van der Waals surface area (Å²) in [6.07, 6.45) is 2.15. The van der Waals surface area contributed by atoms with E-state index in [9.17, 15) is 13.2 Å². The molecule has 1 rings (SSSR count). The second-order valence-corrected chi connectivity index (χ2v) is 6.00. The lowest BCUT2D eigenvalue weighted by atomic mass is 10.1.